The molecule has 1 saturated heterocycles. The van der Waals surface area contributed by atoms with Crippen LogP contribution in [0.1, 0.15) is 29.2 Å². The van der Waals surface area contributed by atoms with E-state index in [1.807, 2.05) is 45.0 Å². The molecule has 1 aliphatic rings. The number of ether oxygens (including phenoxy) is 2. The molecule has 1 fully saturated rings. The Labute approximate surface area is 230 Å². The molecule has 0 saturated carbocycles. The Morgan fingerprint density at radius 2 is 1.84 bits per heavy atom. The van der Waals surface area contributed by atoms with Crippen LogP contribution in [0.4, 0.5) is 10.5 Å². The van der Waals surface area contributed by atoms with E-state index in [0.29, 0.717) is 33.6 Å². The average molecular weight is 551 g/mol. The van der Waals surface area contributed by atoms with Crippen molar-refractivity contribution in [3.63, 3.8) is 0 Å². The number of amides is 3. The van der Waals surface area contributed by atoms with E-state index in [-0.39, 0.29) is 30.2 Å². The van der Waals surface area contributed by atoms with Crippen molar-refractivity contribution in [3.05, 3.63) is 92.8 Å². The fraction of sp³-hybridized carbons (Fsp3) is 0.207. The van der Waals surface area contributed by atoms with Crippen molar-refractivity contribution in [3.8, 4) is 11.5 Å². The zero-order chi connectivity index (χ0) is 27.2. The van der Waals surface area contributed by atoms with E-state index in [1.54, 1.807) is 42.5 Å². The molecule has 0 bridgehead atoms. The smallest absolute Gasteiger partial charge is 0.293 e. The van der Waals surface area contributed by atoms with Gasteiger partial charge < -0.3 is 14.8 Å². The van der Waals surface area contributed by atoms with Gasteiger partial charge in [-0.2, -0.15) is 0 Å². The second-order valence-corrected chi connectivity index (χ2v) is 10.1. The second kappa shape index (κ2) is 12.2. The van der Waals surface area contributed by atoms with Crippen molar-refractivity contribution in [2.24, 2.45) is 0 Å². The van der Waals surface area contributed by atoms with Gasteiger partial charge in [0.15, 0.2) is 18.1 Å². The van der Waals surface area contributed by atoms with E-state index in [2.05, 4.69) is 5.32 Å². The quantitative estimate of drug-likeness (QED) is 0.302. The summed E-state index contributed by atoms with van der Waals surface area (Å²) < 4.78 is 11.5. The molecule has 7 nitrogen and oxygen atoms in total. The van der Waals surface area contributed by atoms with Gasteiger partial charge in [-0.15, -0.1) is 0 Å². The maximum atomic E-state index is 12.9. The molecule has 0 unspecified atom stereocenters. The van der Waals surface area contributed by atoms with Crippen molar-refractivity contribution in [1.82, 2.24) is 4.90 Å². The number of imide groups is 1. The van der Waals surface area contributed by atoms with Crippen molar-refractivity contribution >= 4 is 52.2 Å². The van der Waals surface area contributed by atoms with E-state index < -0.39 is 0 Å². The van der Waals surface area contributed by atoms with E-state index >= 15 is 0 Å². The molecular weight excluding hydrogens is 524 g/mol. The molecule has 4 rings (SSSR count). The minimum absolute atomic E-state index is 0.143. The molecule has 38 heavy (non-hydrogen) atoms. The molecular formula is C29H27ClN2O5S. The minimum atomic E-state index is -0.374. The normalized spacial score (nSPS) is 14.2. The number of hydrogen-bond acceptors (Lipinski definition) is 6. The number of nitrogens with zero attached hydrogens (tertiary/aromatic N) is 1. The molecule has 1 aliphatic heterocycles. The van der Waals surface area contributed by atoms with E-state index in [1.165, 1.54) is 4.90 Å². The average Bonchev–Trinajstić information content (AvgIpc) is 3.13. The fourth-order valence-corrected chi connectivity index (χ4v) is 4.86. The van der Waals surface area contributed by atoms with Crippen LogP contribution in [0, 0.1) is 13.8 Å². The predicted molar refractivity (Wildman–Crippen MR) is 151 cm³/mol. The first kappa shape index (κ1) is 27.3. The van der Waals surface area contributed by atoms with Crippen molar-refractivity contribution in [1.29, 1.82) is 0 Å². The zero-order valence-electron chi connectivity index (χ0n) is 21.2. The van der Waals surface area contributed by atoms with Gasteiger partial charge in [-0.3, -0.25) is 19.3 Å². The first-order chi connectivity index (χ1) is 18.2. The number of anilines is 1. The highest BCUT2D eigenvalue weighted by Crippen LogP contribution is 2.35. The molecule has 1 heterocycles. The zero-order valence-corrected chi connectivity index (χ0v) is 22.8. The standard InChI is InChI=1S/C29H27ClN2O5S/c1-4-36-25-14-20(10-11-24(25)37-17-27(33)31-23-12-18(2)8-9-19(23)3)15-26-28(34)32(29(35)38-26)16-21-6-5-7-22(30)13-21/h5-15H,4,16-17H2,1-3H3,(H,31,33)/b26-15-. The summed E-state index contributed by atoms with van der Waals surface area (Å²) >= 11 is 6.91. The third-order valence-corrected chi connectivity index (χ3v) is 6.84. The molecule has 3 amide bonds. The van der Waals surface area contributed by atoms with Gasteiger partial charge in [0.25, 0.3) is 17.1 Å². The Kier molecular flexibility index (Phi) is 8.76. The second-order valence-electron chi connectivity index (χ2n) is 8.69. The first-order valence-corrected chi connectivity index (χ1v) is 13.2. The molecule has 0 radical (unpaired) electrons. The number of aryl methyl sites for hydroxylation is 2. The largest absolute Gasteiger partial charge is 0.490 e. The first-order valence-electron chi connectivity index (χ1n) is 12.0. The highest BCUT2D eigenvalue weighted by Gasteiger charge is 2.35. The van der Waals surface area contributed by atoms with Crippen LogP contribution in [0.2, 0.25) is 5.02 Å². The molecule has 9 heteroatoms. The lowest BCUT2D eigenvalue weighted by Crippen LogP contribution is -2.27. The van der Waals surface area contributed by atoms with E-state index in [0.717, 1.165) is 34.1 Å². The van der Waals surface area contributed by atoms with Crippen LogP contribution in [0.5, 0.6) is 11.5 Å². The minimum Gasteiger partial charge on any atom is -0.490 e. The molecule has 0 spiro atoms. The lowest BCUT2D eigenvalue weighted by atomic mass is 10.1. The molecule has 0 aromatic heterocycles. The summed E-state index contributed by atoms with van der Waals surface area (Å²) in [6.07, 6.45) is 1.64. The molecule has 0 aliphatic carbocycles. The number of hydrogen-bond donors (Lipinski definition) is 1. The molecule has 3 aromatic rings. The van der Waals surface area contributed by atoms with Crippen molar-refractivity contribution < 1.29 is 23.9 Å². The molecule has 196 valence electrons. The Balaban J connectivity index is 1.45. The van der Waals surface area contributed by atoms with Gasteiger partial charge in [0.2, 0.25) is 0 Å². The van der Waals surface area contributed by atoms with Gasteiger partial charge in [0.1, 0.15) is 0 Å². The van der Waals surface area contributed by atoms with Crippen LogP contribution >= 0.6 is 23.4 Å². The lowest BCUT2D eigenvalue weighted by Gasteiger charge is -2.14. The summed E-state index contributed by atoms with van der Waals surface area (Å²) in [5, 5.41) is 3.06. The SMILES string of the molecule is CCOc1cc(/C=C2\SC(=O)N(Cc3cccc(Cl)c3)C2=O)ccc1OCC(=O)Nc1cc(C)ccc1C. The van der Waals surface area contributed by atoms with E-state index in [9.17, 15) is 14.4 Å². The summed E-state index contributed by atoms with van der Waals surface area (Å²) in [6.45, 7) is 6.05. The Morgan fingerprint density at radius 1 is 1.03 bits per heavy atom. The van der Waals surface area contributed by atoms with Crippen LogP contribution in [0.3, 0.4) is 0 Å². The topological polar surface area (TPSA) is 84.9 Å². The summed E-state index contributed by atoms with van der Waals surface area (Å²) in [5.74, 6) is 0.160. The number of nitrogens with one attached hydrogen (secondary N) is 1. The van der Waals surface area contributed by atoms with Gasteiger partial charge in [-0.1, -0.05) is 41.9 Å². The third kappa shape index (κ3) is 6.76. The monoisotopic (exact) mass is 550 g/mol. The van der Waals surface area contributed by atoms with Gasteiger partial charge >= 0.3 is 0 Å². The summed E-state index contributed by atoms with van der Waals surface area (Å²) in [7, 11) is 0. The van der Waals surface area contributed by atoms with Crippen LogP contribution in [-0.2, 0) is 16.1 Å². The number of benzene rings is 3. The van der Waals surface area contributed by atoms with Crippen LogP contribution in [0.15, 0.2) is 65.6 Å². The van der Waals surface area contributed by atoms with Crippen molar-refractivity contribution in [2.75, 3.05) is 18.5 Å². The summed E-state index contributed by atoms with van der Waals surface area (Å²) in [6, 6.07) is 18.0. The van der Waals surface area contributed by atoms with E-state index in [4.69, 9.17) is 21.1 Å². The number of rotatable bonds is 9. The van der Waals surface area contributed by atoms with Crippen LogP contribution in [-0.4, -0.2) is 35.2 Å². The lowest BCUT2D eigenvalue weighted by molar-refractivity contribution is -0.123. The van der Waals surface area contributed by atoms with Gasteiger partial charge in [-0.05, 0) is 91.2 Å². The maximum absolute atomic E-state index is 12.9. The van der Waals surface area contributed by atoms with Gasteiger partial charge in [-0.25, -0.2) is 0 Å². The van der Waals surface area contributed by atoms with Gasteiger partial charge in [0, 0.05) is 10.7 Å². The molecule has 1 N–H and O–H groups in total. The summed E-state index contributed by atoms with van der Waals surface area (Å²) in [4.78, 5) is 39.5. The highest BCUT2D eigenvalue weighted by molar-refractivity contribution is 8.18. The van der Waals surface area contributed by atoms with Crippen molar-refractivity contribution in [2.45, 2.75) is 27.3 Å². The number of carbonyl (C=O) groups excluding carboxylic acids is 3. The molecule has 3 aromatic carbocycles. The van der Waals surface area contributed by atoms with Gasteiger partial charge in [0.05, 0.1) is 18.1 Å². The third-order valence-electron chi connectivity index (χ3n) is 5.69. The number of carbonyl (C=O) groups is 3. The summed E-state index contributed by atoms with van der Waals surface area (Å²) in [5.41, 5.74) is 4.17. The maximum Gasteiger partial charge on any atom is 0.293 e. The Morgan fingerprint density at radius 3 is 2.61 bits per heavy atom. The highest BCUT2D eigenvalue weighted by atomic mass is 35.5. The number of halogens is 1. The number of thioether (sulfide) groups is 1. The Bertz CT molecular complexity index is 1420. The molecule has 0 atom stereocenters. The predicted octanol–water partition coefficient (Wildman–Crippen LogP) is 6.61. The van der Waals surface area contributed by atoms with Crippen LogP contribution in [0.25, 0.3) is 6.08 Å². The fourth-order valence-electron chi connectivity index (χ4n) is 3.81. The Hall–Kier alpha value is -3.75. The van der Waals surface area contributed by atoms with Crippen LogP contribution < -0.4 is 14.8 Å².